The number of likely N-dealkylation sites (N-methyl/N-ethyl adjacent to an activating group) is 1. The Morgan fingerprint density at radius 2 is 1.54 bits per heavy atom. The average molecular weight is 461 g/mol. The minimum Gasteiger partial charge on any atom is -0.311 e. The molecule has 0 aliphatic heterocycles. The van der Waals surface area contributed by atoms with Crippen LogP contribution >= 0.6 is 15.9 Å². The van der Waals surface area contributed by atoms with Crippen molar-refractivity contribution in [2.45, 2.75) is 6.92 Å². The van der Waals surface area contributed by atoms with Gasteiger partial charge in [0, 0.05) is 16.4 Å². The fourth-order valence-corrected chi connectivity index (χ4v) is 4.65. The molecule has 3 rings (SSSR count). The van der Waals surface area contributed by atoms with Crippen LogP contribution in [-0.2, 0) is 14.8 Å². The number of hydrogen-bond acceptors (Lipinski definition) is 3. The molecular weight excluding hydrogens is 440 g/mol. The molecule has 0 aliphatic rings. The van der Waals surface area contributed by atoms with E-state index in [-0.39, 0.29) is 12.5 Å². The fourth-order valence-electron chi connectivity index (χ4n) is 3.17. The first kappa shape index (κ1) is 20.4. The Bertz CT molecular complexity index is 1110. The monoisotopic (exact) mass is 460 g/mol. The number of carbonyl (C=O) groups excluding carboxylic acids is 1. The average Bonchev–Trinajstić information content (AvgIpc) is 2.67. The molecule has 0 N–H and O–H groups in total. The number of halogens is 1. The molecule has 0 aliphatic carbocycles. The molecule has 0 saturated carbocycles. The molecule has 0 unspecified atom stereocenters. The minimum atomic E-state index is -3.65. The summed E-state index contributed by atoms with van der Waals surface area (Å²) in [6.45, 7) is 2.03. The molecule has 0 aromatic heterocycles. The maximum Gasteiger partial charge on any atom is 0.247 e. The van der Waals surface area contributed by atoms with E-state index in [0.29, 0.717) is 16.7 Å². The zero-order valence-electron chi connectivity index (χ0n) is 15.7. The van der Waals surface area contributed by atoms with Crippen molar-refractivity contribution in [3.63, 3.8) is 0 Å². The highest BCUT2D eigenvalue weighted by Gasteiger charge is 2.26. The predicted molar refractivity (Wildman–Crippen MR) is 118 cm³/mol. The summed E-state index contributed by atoms with van der Waals surface area (Å²) in [6.07, 6.45) is 1.11. The lowest BCUT2D eigenvalue weighted by atomic mass is 10.1. The number of para-hydroxylation sites is 1. The van der Waals surface area contributed by atoms with E-state index in [2.05, 4.69) is 15.9 Å². The number of amides is 1. The number of fused-ring (bicyclic) bond motifs is 1. The van der Waals surface area contributed by atoms with Crippen molar-refractivity contribution in [3.05, 3.63) is 71.2 Å². The second-order valence-corrected chi connectivity index (χ2v) is 9.12. The molecule has 0 fully saturated rings. The van der Waals surface area contributed by atoms with Crippen LogP contribution in [0.4, 0.5) is 11.4 Å². The number of anilines is 2. The van der Waals surface area contributed by atoms with Crippen molar-refractivity contribution in [1.29, 1.82) is 0 Å². The van der Waals surface area contributed by atoms with Crippen LogP contribution in [-0.4, -0.2) is 33.7 Å². The van der Waals surface area contributed by atoms with Gasteiger partial charge in [0.2, 0.25) is 15.9 Å². The highest BCUT2D eigenvalue weighted by Crippen LogP contribution is 2.30. The van der Waals surface area contributed by atoms with Crippen LogP contribution < -0.4 is 9.21 Å². The number of hydrogen-bond donors (Lipinski definition) is 0. The van der Waals surface area contributed by atoms with Gasteiger partial charge in [-0.1, -0.05) is 48.5 Å². The van der Waals surface area contributed by atoms with E-state index in [1.807, 2.05) is 49.4 Å². The Kier molecular flexibility index (Phi) is 6.05. The third kappa shape index (κ3) is 4.20. The molecule has 0 spiro atoms. The number of nitrogens with zero attached hydrogens (tertiary/aromatic N) is 2. The maximum absolute atomic E-state index is 13.2. The molecule has 0 heterocycles. The fraction of sp³-hybridized carbons (Fsp3) is 0.190. The van der Waals surface area contributed by atoms with Gasteiger partial charge in [-0.25, -0.2) is 8.42 Å². The molecule has 0 radical (unpaired) electrons. The number of benzene rings is 3. The number of carbonyl (C=O) groups is 1. The third-order valence-electron chi connectivity index (χ3n) is 4.48. The SMILES string of the molecule is CCN(C(=O)CN(c1ccccc1Br)S(C)(=O)=O)c1cccc2ccccc12. The van der Waals surface area contributed by atoms with Gasteiger partial charge in [0.25, 0.3) is 0 Å². The third-order valence-corrected chi connectivity index (χ3v) is 6.27. The summed E-state index contributed by atoms with van der Waals surface area (Å²) in [7, 11) is -3.65. The van der Waals surface area contributed by atoms with Crippen molar-refractivity contribution in [2.75, 3.05) is 28.6 Å². The zero-order valence-corrected chi connectivity index (χ0v) is 18.1. The lowest BCUT2D eigenvalue weighted by molar-refractivity contribution is -0.117. The van der Waals surface area contributed by atoms with Gasteiger partial charge in [0.15, 0.2) is 0 Å². The largest absolute Gasteiger partial charge is 0.311 e. The summed E-state index contributed by atoms with van der Waals surface area (Å²) >= 11 is 3.38. The normalized spacial score (nSPS) is 11.4. The van der Waals surface area contributed by atoms with Gasteiger partial charge in [-0.05, 0) is 46.4 Å². The molecule has 146 valence electrons. The molecular formula is C21H21BrN2O3S. The van der Waals surface area contributed by atoms with E-state index < -0.39 is 10.0 Å². The molecule has 0 atom stereocenters. The summed E-state index contributed by atoms with van der Waals surface area (Å²) in [5.74, 6) is -0.292. The van der Waals surface area contributed by atoms with Gasteiger partial charge in [-0.2, -0.15) is 0 Å². The molecule has 3 aromatic carbocycles. The lowest BCUT2D eigenvalue weighted by Crippen LogP contribution is -2.43. The van der Waals surface area contributed by atoms with Crippen LogP contribution in [0.3, 0.4) is 0 Å². The van der Waals surface area contributed by atoms with E-state index in [1.165, 1.54) is 0 Å². The van der Waals surface area contributed by atoms with Crippen molar-refractivity contribution in [3.8, 4) is 0 Å². The van der Waals surface area contributed by atoms with Crippen LogP contribution in [0.2, 0.25) is 0 Å². The van der Waals surface area contributed by atoms with Crippen molar-refractivity contribution in [2.24, 2.45) is 0 Å². The van der Waals surface area contributed by atoms with Gasteiger partial charge in [0.1, 0.15) is 6.54 Å². The summed E-state index contributed by atoms with van der Waals surface area (Å²) in [4.78, 5) is 14.8. The van der Waals surface area contributed by atoms with Crippen LogP contribution in [0, 0.1) is 0 Å². The number of rotatable bonds is 6. The van der Waals surface area contributed by atoms with Gasteiger partial charge in [-0.3, -0.25) is 9.10 Å². The zero-order chi connectivity index (χ0) is 20.3. The van der Waals surface area contributed by atoms with Crippen LogP contribution in [0.15, 0.2) is 71.2 Å². The Morgan fingerprint density at radius 3 is 2.21 bits per heavy atom. The quantitative estimate of drug-likeness (QED) is 0.546. The Hall–Kier alpha value is -2.38. The molecule has 1 amide bonds. The summed E-state index contributed by atoms with van der Waals surface area (Å²) in [5.41, 5.74) is 1.21. The Balaban J connectivity index is 1.99. The van der Waals surface area contributed by atoms with Crippen molar-refractivity contribution >= 4 is 54.0 Å². The standard InChI is InChI=1S/C21H21BrN2O3S/c1-3-23(19-14-8-10-16-9-4-5-11-17(16)19)21(25)15-24(28(2,26)27)20-13-7-6-12-18(20)22/h4-14H,3,15H2,1-2H3. The smallest absolute Gasteiger partial charge is 0.247 e. The first-order valence-corrected chi connectivity index (χ1v) is 11.5. The first-order chi connectivity index (χ1) is 13.3. The van der Waals surface area contributed by atoms with E-state index in [0.717, 1.165) is 27.0 Å². The van der Waals surface area contributed by atoms with Gasteiger partial charge < -0.3 is 4.90 Å². The predicted octanol–water partition coefficient (Wildman–Crippen LogP) is 4.42. The molecule has 7 heteroatoms. The second-order valence-electron chi connectivity index (χ2n) is 6.36. The summed E-state index contributed by atoms with van der Waals surface area (Å²) in [5, 5.41) is 1.98. The molecule has 0 saturated heterocycles. The van der Waals surface area contributed by atoms with E-state index in [4.69, 9.17) is 0 Å². The highest BCUT2D eigenvalue weighted by molar-refractivity contribution is 9.10. The van der Waals surface area contributed by atoms with Crippen LogP contribution in [0.25, 0.3) is 10.8 Å². The van der Waals surface area contributed by atoms with Gasteiger partial charge in [-0.15, -0.1) is 0 Å². The van der Waals surface area contributed by atoms with Crippen molar-refractivity contribution in [1.82, 2.24) is 0 Å². The molecule has 3 aromatic rings. The first-order valence-electron chi connectivity index (χ1n) is 8.83. The summed E-state index contributed by atoms with van der Waals surface area (Å²) < 4.78 is 26.6. The topological polar surface area (TPSA) is 57.7 Å². The van der Waals surface area contributed by atoms with E-state index in [9.17, 15) is 13.2 Å². The number of sulfonamides is 1. The molecule has 28 heavy (non-hydrogen) atoms. The maximum atomic E-state index is 13.2. The summed E-state index contributed by atoms with van der Waals surface area (Å²) in [6, 6.07) is 20.5. The Morgan fingerprint density at radius 1 is 0.929 bits per heavy atom. The molecule has 5 nitrogen and oxygen atoms in total. The Labute approximate surface area is 173 Å². The second kappa shape index (κ2) is 8.32. The molecule has 0 bridgehead atoms. The van der Waals surface area contributed by atoms with Crippen molar-refractivity contribution < 1.29 is 13.2 Å². The minimum absolute atomic E-state index is 0.279. The van der Waals surface area contributed by atoms with Crippen LogP contribution in [0.5, 0.6) is 0 Å². The van der Waals surface area contributed by atoms with E-state index in [1.54, 1.807) is 29.2 Å². The van der Waals surface area contributed by atoms with E-state index >= 15 is 0 Å². The van der Waals surface area contributed by atoms with Gasteiger partial charge >= 0.3 is 0 Å². The highest BCUT2D eigenvalue weighted by atomic mass is 79.9. The van der Waals surface area contributed by atoms with Gasteiger partial charge in [0.05, 0.1) is 17.6 Å². The van der Waals surface area contributed by atoms with Crippen LogP contribution in [0.1, 0.15) is 6.92 Å². The lowest BCUT2D eigenvalue weighted by Gasteiger charge is -2.28.